The maximum atomic E-state index is 13.8. The lowest BCUT2D eigenvalue weighted by Gasteiger charge is -2.36. The quantitative estimate of drug-likeness (QED) is 0.310. The number of benzene rings is 1. The Morgan fingerprint density at radius 1 is 1.24 bits per heavy atom. The van der Waals surface area contributed by atoms with Gasteiger partial charge in [0.1, 0.15) is 5.82 Å². The van der Waals surface area contributed by atoms with Crippen LogP contribution in [-0.2, 0) is 21.3 Å². The van der Waals surface area contributed by atoms with Gasteiger partial charge in [-0.2, -0.15) is 4.31 Å². The third-order valence-corrected chi connectivity index (χ3v) is 6.25. The first kappa shape index (κ1) is 26.1. The van der Waals surface area contributed by atoms with E-state index in [2.05, 4.69) is 10.3 Å². The highest BCUT2D eigenvalue weighted by atomic mass is 127. The zero-order chi connectivity index (χ0) is 20.6. The van der Waals surface area contributed by atoms with Gasteiger partial charge in [-0.05, 0) is 26.8 Å². The van der Waals surface area contributed by atoms with E-state index in [1.54, 1.807) is 18.2 Å². The van der Waals surface area contributed by atoms with E-state index in [1.165, 1.54) is 10.4 Å². The molecule has 1 N–H and O–H groups in total. The lowest BCUT2D eigenvalue weighted by atomic mass is 10.2. The summed E-state index contributed by atoms with van der Waals surface area (Å²) in [6.07, 6.45) is 0.0142. The molecule has 10 heteroatoms. The minimum Gasteiger partial charge on any atom is -0.378 e. The summed E-state index contributed by atoms with van der Waals surface area (Å²) in [5, 5.41) is 3.21. The summed E-state index contributed by atoms with van der Waals surface area (Å²) in [6, 6.07) is 6.57. The number of rotatable bonds is 8. The summed E-state index contributed by atoms with van der Waals surface area (Å²) in [6.45, 7) is 8.72. The highest BCUT2D eigenvalue weighted by Crippen LogP contribution is 2.11. The molecule has 1 aromatic rings. The Morgan fingerprint density at radius 3 is 2.48 bits per heavy atom. The molecule has 0 amide bonds. The van der Waals surface area contributed by atoms with Crippen LogP contribution in [0.2, 0.25) is 0 Å². The molecule has 0 atom stereocenters. The lowest BCUT2D eigenvalue weighted by molar-refractivity contribution is 0.0904. The SMILES string of the molecule is CCNC(=NCc1ccccc1F)N1CCN(S(=O)(=O)CCOC(C)C)CC1.I. The van der Waals surface area contributed by atoms with Crippen LogP contribution in [0.15, 0.2) is 29.3 Å². The molecule has 1 aliphatic rings. The van der Waals surface area contributed by atoms with E-state index in [4.69, 9.17) is 4.74 Å². The number of hydrogen-bond donors (Lipinski definition) is 1. The van der Waals surface area contributed by atoms with Gasteiger partial charge in [0.15, 0.2) is 5.96 Å². The average molecular weight is 542 g/mol. The van der Waals surface area contributed by atoms with Crippen molar-refractivity contribution in [3.63, 3.8) is 0 Å². The maximum absolute atomic E-state index is 13.8. The van der Waals surface area contributed by atoms with E-state index in [0.29, 0.717) is 44.2 Å². The zero-order valence-electron chi connectivity index (χ0n) is 17.3. The minimum absolute atomic E-state index is 0. The van der Waals surface area contributed by atoms with Crippen LogP contribution in [0.4, 0.5) is 4.39 Å². The van der Waals surface area contributed by atoms with Crippen LogP contribution in [0, 0.1) is 5.82 Å². The van der Waals surface area contributed by atoms with Crippen molar-refractivity contribution in [2.24, 2.45) is 4.99 Å². The molecule has 1 saturated heterocycles. The molecule has 1 aliphatic heterocycles. The van der Waals surface area contributed by atoms with E-state index < -0.39 is 10.0 Å². The Hall–Kier alpha value is -0.980. The molecule has 0 radical (unpaired) electrons. The number of nitrogens with one attached hydrogen (secondary N) is 1. The molecule has 1 fully saturated rings. The molecule has 0 spiro atoms. The highest BCUT2D eigenvalue weighted by Gasteiger charge is 2.28. The van der Waals surface area contributed by atoms with E-state index >= 15 is 0 Å². The normalized spacial score (nSPS) is 16.0. The summed E-state index contributed by atoms with van der Waals surface area (Å²) < 4.78 is 45.6. The van der Waals surface area contributed by atoms with Gasteiger partial charge in [0, 0.05) is 38.3 Å². The van der Waals surface area contributed by atoms with E-state index in [0.717, 1.165) is 0 Å². The van der Waals surface area contributed by atoms with Gasteiger partial charge in [-0.25, -0.2) is 17.8 Å². The average Bonchev–Trinajstić information content (AvgIpc) is 2.66. The molecule has 1 aromatic carbocycles. The summed E-state index contributed by atoms with van der Waals surface area (Å²) in [5.74, 6) is 0.389. The Balaban J connectivity index is 0.00000420. The predicted octanol–water partition coefficient (Wildman–Crippen LogP) is 2.28. The zero-order valence-corrected chi connectivity index (χ0v) is 20.5. The largest absolute Gasteiger partial charge is 0.378 e. The Kier molecular flexibility index (Phi) is 11.4. The Morgan fingerprint density at radius 2 is 1.90 bits per heavy atom. The first-order valence-electron chi connectivity index (χ1n) is 9.69. The van der Waals surface area contributed by atoms with Gasteiger partial charge in [0.05, 0.1) is 25.0 Å². The van der Waals surface area contributed by atoms with E-state index in [-0.39, 0.29) is 54.8 Å². The molecule has 29 heavy (non-hydrogen) atoms. The topological polar surface area (TPSA) is 74.2 Å². The molecule has 166 valence electrons. The molecule has 0 saturated carbocycles. The van der Waals surface area contributed by atoms with Crippen molar-refractivity contribution in [1.82, 2.24) is 14.5 Å². The van der Waals surface area contributed by atoms with Crippen molar-refractivity contribution in [2.45, 2.75) is 33.4 Å². The van der Waals surface area contributed by atoms with Gasteiger partial charge in [0.2, 0.25) is 10.0 Å². The van der Waals surface area contributed by atoms with Crippen molar-refractivity contribution >= 4 is 40.0 Å². The molecule has 2 rings (SSSR count). The number of ether oxygens (including phenoxy) is 1. The highest BCUT2D eigenvalue weighted by molar-refractivity contribution is 14.0. The number of sulfonamides is 1. The van der Waals surface area contributed by atoms with Crippen molar-refractivity contribution in [3.8, 4) is 0 Å². The number of hydrogen-bond acceptors (Lipinski definition) is 4. The first-order chi connectivity index (χ1) is 13.3. The third kappa shape index (κ3) is 8.35. The van der Waals surface area contributed by atoms with Gasteiger partial charge >= 0.3 is 0 Å². The van der Waals surface area contributed by atoms with Crippen molar-refractivity contribution in [2.75, 3.05) is 45.1 Å². The van der Waals surface area contributed by atoms with E-state index in [1.807, 2.05) is 25.7 Å². The standard InChI is InChI=1S/C19H31FN4O3S.HI/c1-4-21-19(22-15-17-7-5-6-8-18(17)20)23-9-11-24(12-10-23)28(25,26)14-13-27-16(2)3;/h5-8,16H,4,9-15H2,1-3H3,(H,21,22);1H. The van der Waals surface area contributed by atoms with Gasteiger partial charge < -0.3 is 15.0 Å². The van der Waals surface area contributed by atoms with E-state index in [9.17, 15) is 12.8 Å². The minimum atomic E-state index is -3.33. The molecule has 0 aromatic heterocycles. The Labute approximate surface area is 190 Å². The number of nitrogens with zero attached hydrogens (tertiary/aromatic N) is 3. The number of piperazine rings is 1. The Bertz CT molecular complexity index is 754. The summed E-state index contributed by atoms with van der Waals surface area (Å²) in [4.78, 5) is 6.54. The molecule has 7 nitrogen and oxygen atoms in total. The number of guanidine groups is 1. The monoisotopic (exact) mass is 542 g/mol. The summed E-state index contributed by atoms with van der Waals surface area (Å²) >= 11 is 0. The number of aliphatic imine (C=N–C) groups is 1. The molecule has 0 aliphatic carbocycles. The molecule has 0 bridgehead atoms. The fourth-order valence-electron chi connectivity index (χ4n) is 2.91. The number of halogens is 2. The molecule has 1 heterocycles. The summed E-state index contributed by atoms with van der Waals surface area (Å²) in [5.41, 5.74) is 0.532. The molecular weight excluding hydrogens is 510 g/mol. The van der Waals surface area contributed by atoms with Crippen molar-refractivity contribution in [1.29, 1.82) is 0 Å². The molecule has 0 unspecified atom stereocenters. The first-order valence-corrected chi connectivity index (χ1v) is 11.3. The van der Waals surface area contributed by atoms with Gasteiger partial charge in [-0.3, -0.25) is 0 Å². The second-order valence-corrected chi connectivity index (χ2v) is 8.97. The maximum Gasteiger partial charge on any atom is 0.216 e. The van der Waals surface area contributed by atoms with Crippen LogP contribution in [0.1, 0.15) is 26.3 Å². The van der Waals surface area contributed by atoms with Crippen molar-refractivity contribution in [3.05, 3.63) is 35.6 Å². The van der Waals surface area contributed by atoms with Gasteiger partial charge in [0.25, 0.3) is 0 Å². The smallest absolute Gasteiger partial charge is 0.216 e. The van der Waals surface area contributed by atoms with Crippen LogP contribution in [-0.4, -0.2) is 74.8 Å². The van der Waals surface area contributed by atoms with Crippen LogP contribution in [0.3, 0.4) is 0 Å². The van der Waals surface area contributed by atoms with Crippen LogP contribution >= 0.6 is 24.0 Å². The van der Waals surface area contributed by atoms with Gasteiger partial charge in [-0.15, -0.1) is 24.0 Å². The second kappa shape index (κ2) is 12.7. The molecular formula is C19H32FIN4O3S. The van der Waals surface area contributed by atoms with Crippen LogP contribution < -0.4 is 5.32 Å². The fourth-order valence-corrected chi connectivity index (χ4v) is 4.19. The van der Waals surface area contributed by atoms with Crippen LogP contribution in [0.5, 0.6) is 0 Å². The third-order valence-electron chi connectivity index (χ3n) is 4.42. The summed E-state index contributed by atoms with van der Waals surface area (Å²) in [7, 11) is -3.33. The van der Waals surface area contributed by atoms with Gasteiger partial charge in [-0.1, -0.05) is 18.2 Å². The predicted molar refractivity (Wildman–Crippen MR) is 125 cm³/mol. The van der Waals surface area contributed by atoms with Crippen molar-refractivity contribution < 1.29 is 17.5 Å². The fraction of sp³-hybridized carbons (Fsp3) is 0.632. The second-order valence-electron chi connectivity index (χ2n) is 6.88. The van der Waals surface area contributed by atoms with Crippen LogP contribution in [0.25, 0.3) is 0 Å². The lowest BCUT2D eigenvalue weighted by Crippen LogP contribution is -2.54.